The normalized spacial score (nSPS) is 20.2. The third-order valence-electron chi connectivity index (χ3n) is 8.02. The largest absolute Gasteiger partial charge is 0.481 e. The highest BCUT2D eigenvalue weighted by Gasteiger charge is 2.33. The van der Waals surface area contributed by atoms with Crippen molar-refractivity contribution in [1.29, 1.82) is 5.26 Å². The van der Waals surface area contributed by atoms with E-state index in [1.807, 2.05) is 24.3 Å². The topological polar surface area (TPSA) is 108 Å². The Morgan fingerprint density at radius 3 is 2.57 bits per heavy atom. The van der Waals surface area contributed by atoms with Crippen molar-refractivity contribution in [3.63, 3.8) is 0 Å². The number of aliphatic carboxylic acids is 1. The van der Waals surface area contributed by atoms with Crippen LogP contribution in [0.5, 0.6) is 0 Å². The second-order valence-corrected chi connectivity index (χ2v) is 10.3. The first-order valence-corrected chi connectivity index (χ1v) is 13.0. The van der Waals surface area contributed by atoms with Crippen LogP contribution in [-0.2, 0) is 28.9 Å². The zero-order valence-electron chi connectivity index (χ0n) is 21.3. The van der Waals surface area contributed by atoms with Crippen molar-refractivity contribution in [2.24, 2.45) is 5.92 Å². The van der Waals surface area contributed by atoms with Gasteiger partial charge in [-0.15, -0.1) is 0 Å². The Balaban J connectivity index is 1.64. The number of carbonyl (C=O) groups excluding carboxylic acids is 1. The summed E-state index contributed by atoms with van der Waals surface area (Å²) in [5.74, 6) is 0.0693. The molecule has 1 aromatic heterocycles. The molecule has 8 heteroatoms. The highest BCUT2D eigenvalue weighted by atomic mass is 16.5. The summed E-state index contributed by atoms with van der Waals surface area (Å²) in [5.41, 5.74) is 5.45. The fourth-order valence-corrected chi connectivity index (χ4v) is 6.11. The minimum absolute atomic E-state index is 0.0736. The third-order valence-corrected chi connectivity index (χ3v) is 8.02. The van der Waals surface area contributed by atoms with Crippen LogP contribution in [-0.4, -0.2) is 45.3 Å². The van der Waals surface area contributed by atoms with Crippen LogP contribution in [0.4, 0.5) is 4.79 Å². The monoisotopic (exact) mass is 500 g/mol. The summed E-state index contributed by atoms with van der Waals surface area (Å²) < 4.78 is 7.25. The van der Waals surface area contributed by atoms with Gasteiger partial charge >= 0.3 is 12.1 Å². The van der Waals surface area contributed by atoms with Crippen LogP contribution in [0.1, 0.15) is 72.6 Å². The molecule has 0 spiro atoms. The lowest BCUT2D eigenvalue weighted by molar-refractivity contribution is -0.142. The molecule has 2 aliphatic rings. The van der Waals surface area contributed by atoms with Crippen molar-refractivity contribution < 1.29 is 19.4 Å². The van der Waals surface area contributed by atoms with Crippen molar-refractivity contribution in [2.45, 2.75) is 64.0 Å². The summed E-state index contributed by atoms with van der Waals surface area (Å²) in [6.07, 6.45) is 3.79. The number of carboxylic acids is 1. The van der Waals surface area contributed by atoms with Gasteiger partial charge in [0, 0.05) is 24.1 Å². The van der Waals surface area contributed by atoms with Crippen LogP contribution in [0.3, 0.4) is 0 Å². The van der Waals surface area contributed by atoms with E-state index < -0.39 is 5.97 Å². The van der Waals surface area contributed by atoms with E-state index in [1.165, 1.54) is 12.7 Å². The standard InChI is InChI=1S/C29H32N4O4/c1-18(14-19-6-4-3-5-7-19)33-25-15-22(16-30)23-12-13-32(29(36)37-2)17-24(23)26(25)31-27(33)20-8-10-21(11-9-20)28(34)35/h3-7,15,18,20-21H,8-14,17H2,1-2H3,(H,34,35)/t18-,20-,21-/m1/s1. The maximum Gasteiger partial charge on any atom is 0.409 e. The smallest absolute Gasteiger partial charge is 0.409 e. The number of nitrogens with zero attached hydrogens (tertiary/aromatic N) is 4. The van der Waals surface area contributed by atoms with Gasteiger partial charge in [0.05, 0.1) is 42.2 Å². The van der Waals surface area contributed by atoms with Crippen molar-refractivity contribution in [2.75, 3.05) is 13.7 Å². The molecule has 1 aliphatic heterocycles. The van der Waals surface area contributed by atoms with E-state index >= 15 is 0 Å². The molecule has 1 amide bonds. The SMILES string of the molecule is COC(=O)N1CCc2c(C#N)cc3c(nc([C@H]4CC[C@H](C(=O)O)CC4)n3[C@H](C)Cc3ccccc3)c2C1. The van der Waals surface area contributed by atoms with E-state index in [9.17, 15) is 20.0 Å². The number of ether oxygens (including phenoxy) is 1. The predicted octanol–water partition coefficient (Wildman–Crippen LogP) is 5.19. The number of methoxy groups -OCH3 is 1. The number of aromatic nitrogens is 2. The molecule has 1 atom stereocenters. The molecule has 8 nitrogen and oxygen atoms in total. The van der Waals surface area contributed by atoms with Gasteiger partial charge in [-0.3, -0.25) is 4.79 Å². The molecule has 37 heavy (non-hydrogen) atoms. The van der Waals surface area contributed by atoms with E-state index in [0.717, 1.165) is 47.2 Å². The number of hydrogen-bond acceptors (Lipinski definition) is 5. The predicted molar refractivity (Wildman–Crippen MR) is 138 cm³/mol. The van der Waals surface area contributed by atoms with Crippen molar-refractivity contribution in [3.8, 4) is 6.07 Å². The van der Waals surface area contributed by atoms with E-state index in [4.69, 9.17) is 9.72 Å². The van der Waals surface area contributed by atoms with E-state index in [-0.39, 0.29) is 24.0 Å². The van der Waals surface area contributed by atoms with Crippen molar-refractivity contribution in [3.05, 3.63) is 64.5 Å². The molecule has 1 aliphatic carbocycles. The molecular weight excluding hydrogens is 468 g/mol. The maximum atomic E-state index is 12.3. The lowest BCUT2D eigenvalue weighted by atomic mass is 9.81. The van der Waals surface area contributed by atoms with E-state index in [1.54, 1.807) is 4.90 Å². The summed E-state index contributed by atoms with van der Waals surface area (Å²) in [5, 5.41) is 19.5. The van der Waals surface area contributed by atoms with Gasteiger partial charge in [0.15, 0.2) is 0 Å². The first kappa shape index (κ1) is 24.8. The first-order chi connectivity index (χ1) is 17.9. The Bertz CT molecular complexity index is 1370. The average Bonchev–Trinajstić information content (AvgIpc) is 3.32. The van der Waals surface area contributed by atoms with Gasteiger partial charge in [-0.25, -0.2) is 9.78 Å². The van der Waals surface area contributed by atoms with Crippen LogP contribution in [0.15, 0.2) is 36.4 Å². The summed E-state index contributed by atoms with van der Waals surface area (Å²) in [7, 11) is 1.38. The minimum atomic E-state index is -0.722. The highest BCUT2D eigenvalue weighted by molar-refractivity contribution is 5.85. The van der Waals surface area contributed by atoms with E-state index in [2.05, 4.69) is 29.7 Å². The molecule has 2 aromatic carbocycles. The molecule has 192 valence electrons. The fourth-order valence-electron chi connectivity index (χ4n) is 6.11. The molecule has 1 N–H and O–H groups in total. The molecular formula is C29H32N4O4. The van der Waals surface area contributed by atoms with Crippen LogP contribution >= 0.6 is 0 Å². The molecule has 5 rings (SSSR count). The number of carboxylic acid groups (broad SMARTS) is 1. The summed E-state index contributed by atoms with van der Waals surface area (Å²) in [6, 6.07) is 14.7. The van der Waals surface area contributed by atoms with Crippen molar-refractivity contribution >= 4 is 23.1 Å². The number of amides is 1. The van der Waals surface area contributed by atoms with Gasteiger partial charge in [0.1, 0.15) is 5.82 Å². The van der Waals surface area contributed by atoms with Gasteiger partial charge < -0.3 is 19.3 Å². The van der Waals surface area contributed by atoms with Crippen LogP contribution in [0.2, 0.25) is 0 Å². The number of nitriles is 1. The zero-order chi connectivity index (χ0) is 26.1. The van der Waals surface area contributed by atoms with Crippen LogP contribution in [0, 0.1) is 17.2 Å². The highest BCUT2D eigenvalue weighted by Crippen LogP contribution is 2.40. The van der Waals surface area contributed by atoms with E-state index in [0.29, 0.717) is 37.9 Å². The number of carbonyl (C=O) groups is 2. The van der Waals surface area contributed by atoms with Crippen LogP contribution < -0.4 is 0 Å². The molecule has 3 aromatic rings. The summed E-state index contributed by atoms with van der Waals surface area (Å²) in [6.45, 7) is 3.02. The lowest BCUT2D eigenvalue weighted by Gasteiger charge is -2.29. The molecule has 0 saturated heterocycles. The number of hydrogen-bond donors (Lipinski definition) is 1. The number of rotatable bonds is 5. The lowest BCUT2D eigenvalue weighted by Crippen LogP contribution is -2.36. The van der Waals surface area contributed by atoms with Gasteiger partial charge in [0.2, 0.25) is 0 Å². The number of fused-ring (bicyclic) bond motifs is 3. The minimum Gasteiger partial charge on any atom is -0.481 e. The molecule has 1 fully saturated rings. The maximum absolute atomic E-state index is 12.3. The van der Waals surface area contributed by atoms with Gasteiger partial charge in [-0.1, -0.05) is 30.3 Å². The molecule has 0 unspecified atom stereocenters. The molecule has 0 radical (unpaired) electrons. The fraction of sp³-hybridized carbons (Fsp3) is 0.448. The zero-order valence-corrected chi connectivity index (χ0v) is 21.3. The Labute approximate surface area is 216 Å². The van der Waals surface area contributed by atoms with Gasteiger partial charge in [-0.2, -0.15) is 5.26 Å². The van der Waals surface area contributed by atoms with Gasteiger partial charge in [0.25, 0.3) is 0 Å². The van der Waals surface area contributed by atoms with Crippen molar-refractivity contribution in [1.82, 2.24) is 14.5 Å². The Morgan fingerprint density at radius 1 is 1.19 bits per heavy atom. The first-order valence-electron chi connectivity index (χ1n) is 13.0. The van der Waals surface area contributed by atoms with Gasteiger partial charge in [-0.05, 0) is 62.6 Å². The summed E-state index contributed by atoms with van der Waals surface area (Å²) >= 11 is 0. The Morgan fingerprint density at radius 2 is 1.92 bits per heavy atom. The second-order valence-electron chi connectivity index (χ2n) is 10.3. The quantitative estimate of drug-likeness (QED) is 0.516. The molecule has 2 heterocycles. The molecule has 0 bridgehead atoms. The Kier molecular flexibility index (Phi) is 6.88. The van der Waals surface area contributed by atoms with Crippen LogP contribution in [0.25, 0.3) is 11.0 Å². The Hall–Kier alpha value is -3.86. The summed E-state index contributed by atoms with van der Waals surface area (Å²) in [4.78, 5) is 30.8. The number of imidazole rings is 1. The second kappa shape index (κ2) is 10.3. The average molecular weight is 501 g/mol. The number of benzene rings is 2. The molecule has 1 saturated carbocycles. The third kappa shape index (κ3) is 4.66.